The SMILES string of the molecule is Cc1ccc(S(=O)(=O)NCC2CCC(C(=O)NCc3ccc(Cl)cc3)CC2)cc1. The number of carbonyl (C=O) groups is 1. The molecule has 2 aromatic rings. The summed E-state index contributed by atoms with van der Waals surface area (Å²) in [5.74, 6) is 0.321. The summed E-state index contributed by atoms with van der Waals surface area (Å²) in [6.45, 7) is 2.83. The van der Waals surface area contributed by atoms with E-state index in [2.05, 4.69) is 10.0 Å². The third-order valence-corrected chi connectivity index (χ3v) is 7.18. The largest absolute Gasteiger partial charge is 0.352 e. The van der Waals surface area contributed by atoms with Crippen molar-refractivity contribution in [2.24, 2.45) is 11.8 Å². The first-order chi connectivity index (χ1) is 13.8. The minimum atomic E-state index is -3.49. The normalized spacial score (nSPS) is 19.7. The second-order valence-corrected chi connectivity index (χ2v) is 9.93. The second-order valence-electron chi connectivity index (χ2n) is 7.73. The van der Waals surface area contributed by atoms with Crippen LogP contribution in [-0.4, -0.2) is 20.9 Å². The Morgan fingerprint density at radius 3 is 2.24 bits per heavy atom. The van der Waals surface area contributed by atoms with Gasteiger partial charge in [-0.2, -0.15) is 0 Å². The molecule has 29 heavy (non-hydrogen) atoms. The first-order valence-corrected chi connectivity index (χ1v) is 11.8. The summed E-state index contributed by atoms with van der Waals surface area (Å²) in [6.07, 6.45) is 3.25. The molecule has 1 fully saturated rings. The van der Waals surface area contributed by atoms with Crippen molar-refractivity contribution < 1.29 is 13.2 Å². The molecule has 0 heterocycles. The Morgan fingerprint density at radius 2 is 1.62 bits per heavy atom. The highest BCUT2D eigenvalue weighted by atomic mass is 35.5. The summed E-state index contributed by atoms with van der Waals surface area (Å²) >= 11 is 5.87. The van der Waals surface area contributed by atoms with E-state index >= 15 is 0 Å². The Labute approximate surface area is 177 Å². The Bertz CT molecular complexity index is 920. The monoisotopic (exact) mass is 434 g/mol. The van der Waals surface area contributed by atoms with E-state index in [1.54, 1.807) is 24.3 Å². The van der Waals surface area contributed by atoms with Crippen LogP contribution >= 0.6 is 11.6 Å². The number of aryl methyl sites for hydroxylation is 1. The molecule has 1 saturated carbocycles. The van der Waals surface area contributed by atoms with Crippen LogP contribution in [0.3, 0.4) is 0 Å². The average Bonchev–Trinajstić information content (AvgIpc) is 2.72. The van der Waals surface area contributed by atoms with E-state index in [0.717, 1.165) is 36.8 Å². The number of nitrogens with one attached hydrogen (secondary N) is 2. The summed E-state index contributed by atoms with van der Waals surface area (Å²) in [5, 5.41) is 3.67. The van der Waals surface area contributed by atoms with Crippen LogP contribution in [0.1, 0.15) is 36.8 Å². The van der Waals surface area contributed by atoms with E-state index in [4.69, 9.17) is 11.6 Å². The van der Waals surface area contributed by atoms with E-state index in [0.29, 0.717) is 23.0 Å². The first kappa shape index (κ1) is 21.8. The molecular weight excluding hydrogens is 408 g/mol. The quantitative estimate of drug-likeness (QED) is 0.690. The van der Waals surface area contributed by atoms with Crippen LogP contribution in [0.2, 0.25) is 5.02 Å². The molecule has 1 aliphatic rings. The van der Waals surface area contributed by atoms with Crippen LogP contribution in [-0.2, 0) is 21.4 Å². The molecule has 5 nitrogen and oxygen atoms in total. The van der Waals surface area contributed by atoms with Gasteiger partial charge in [-0.05, 0) is 68.4 Å². The van der Waals surface area contributed by atoms with Crippen molar-refractivity contribution in [3.05, 3.63) is 64.7 Å². The fourth-order valence-corrected chi connectivity index (χ4v) is 4.84. The molecule has 1 aliphatic carbocycles. The number of halogens is 1. The lowest BCUT2D eigenvalue weighted by Gasteiger charge is -2.28. The number of rotatable bonds is 7. The van der Waals surface area contributed by atoms with Gasteiger partial charge in [-0.1, -0.05) is 41.4 Å². The zero-order chi connectivity index (χ0) is 20.9. The van der Waals surface area contributed by atoms with Crippen molar-refractivity contribution in [3.8, 4) is 0 Å². The minimum absolute atomic E-state index is 0.00717. The second kappa shape index (κ2) is 9.74. The molecule has 0 radical (unpaired) electrons. The van der Waals surface area contributed by atoms with Crippen molar-refractivity contribution in [2.75, 3.05) is 6.54 Å². The van der Waals surface area contributed by atoms with Gasteiger partial charge in [-0.3, -0.25) is 4.79 Å². The van der Waals surface area contributed by atoms with Gasteiger partial charge in [0.25, 0.3) is 0 Å². The van der Waals surface area contributed by atoms with Crippen LogP contribution in [0.4, 0.5) is 0 Å². The lowest BCUT2D eigenvalue weighted by molar-refractivity contribution is -0.126. The van der Waals surface area contributed by atoms with Crippen LogP contribution in [0.25, 0.3) is 0 Å². The molecular formula is C22H27ClN2O3S. The molecule has 0 aliphatic heterocycles. The lowest BCUT2D eigenvalue weighted by Crippen LogP contribution is -2.36. The Morgan fingerprint density at radius 1 is 1.00 bits per heavy atom. The number of carbonyl (C=O) groups excluding carboxylic acids is 1. The third kappa shape index (κ3) is 6.29. The number of sulfonamides is 1. The van der Waals surface area contributed by atoms with Gasteiger partial charge in [-0.15, -0.1) is 0 Å². The minimum Gasteiger partial charge on any atom is -0.352 e. The lowest BCUT2D eigenvalue weighted by atomic mass is 9.81. The van der Waals surface area contributed by atoms with Gasteiger partial charge >= 0.3 is 0 Å². The summed E-state index contributed by atoms with van der Waals surface area (Å²) in [4.78, 5) is 12.7. The molecule has 2 aromatic carbocycles. The Kier molecular flexibility index (Phi) is 7.33. The standard InChI is InChI=1S/C22H27ClN2O3S/c1-16-2-12-21(13-3-16)29(27,28)25-15-18-4-8-19(9-5-18)22(26)24-14-17-6-10-20(23)11-7-17/h2-3,6-7,10-13,18-19,25H,4-5,8-9,14-15H2,1H3,(H,24,26). The molecule has 2 N–H and O–H groups in total. The van der Waals surface area contributed by atoms with Gasteiger partial charge in [0.05, 0.1) is 4.90 Å². The van der Waals surface area contributed by atoms with Crippen LogP contribution in [0, 0.1) is 18.8 Å². The van der Waals surface area contributed by atoms with Gasteiger partial charge in [0.2, 0.25) is 15.9 Å². The maximum Gasteiger partial charge on any atom is 0.240 e. The number of hydrogen-bond acceptors (Lipinski definition) is 3. The third-order valence-electron chi connectivity index (χ3n) is 5.49. The molecule has 0 aromatic heterocycles. The molecule has 1 amide bonds. The average molecular weight is 435 g/mol. The van der Waals surface area contributed by atoms with E-state index in [1.165, 1.54) is 0 Å². The first-order valence-electron chi connectivity index (χ1n) is 9.92. The van der Waals surface area contributed by atoms with Gasteiger partial charge in [0.1, 0.15) is 0 Å². The number of hydrogen-bond donors (Lipinski definition) is 2. The highest BCUT2D eigenvalue weighted by Crippen LogP contribution is 2.29. The predicted molar refractivity (Wildman–Crippen MR) is 115 cm³/mol. The van der Waals surface area contributed by atoms with E-state index < -0.39 is 10.0 Å². The van der Waals surface area contributed by atoms with Crippen molar-refractivity contribution in [1.29, 1.82) is 0 Å². The zero-order valence-corrected chi connectivity index (χ0v) is 18.1. The predicted octanol–water partition coefficient (Wildman–Crippen LogP) is 4.05. The maximum absolute atomic E-state index is 12.4. The molecule has 0 spiro atoms. The number of amides is 1. The van der Waals surface area contributed by atoms with Crippen molar-refractivity contribution in [2.45, 2.75) is 44.0 Å². The fourth-order valence-electron chi connectivity index (χ4n) is 3.59. The van der Waals surface area contributed by atoms with Gasteiger partial charge in [-0.25, -0.2) is 13.1 Å². The summed E-state index contributed by atoms with van der Waals surface area (Å²) in [5.41, 5.74) is 2.04. The molecule has 3 rings (SSSR count). The van der Waals surface area contributed by atoms with Crippen LogP contribution < -0.4 is 10.0 Å². The molecule has 7 heteroatoms. The highest BCUT2D eigenvalue weighted by molar-refractivity contribution is 7.89. The molecule has 0 bridgehead atoms. The van der Waals surface area contributed by atoms with Crippen molar-refractivity contribution >= 4 is 27.5 Å². The fraction of sp³-hybridized carbons (Fsp3) is 0.409. The zero-order valence-electron chi connectivity index (χ0n) is 16.5. The van der Waals surface area contributed by atoms with Gasteiger partial charge < -0.3 is 5.32 Å². The Hall–Kier alpha value is -1.89. The summed E-state index contributed by atoms with van der Waals surface area (Å²) < 4.78 is 27.6. The van der Waals surface area contributed by atoms with Gasteiger partial charge in [0, 0.05) is 24.0 Å². The van der Waals surface area contributed by atoms with Crippen LogP contribution in [0.5, 0.6) is 0 Å². The number of benzene rings is 2. The van der Waals surface area contributed by atoms with E-state index in [1.807, 2.05) is 31.2 Å². The smallest absolute Gasteiger partial charge is 0.240 e. The highest BCUT2D eigenvalue weighted by Gasteiger charge is 2.27. The van der Waals surface area contributed by atoms with Crippen LogP contribution in [0.15, 0.2) is 53.4 Å². The molecule has 0 atom stereocenters. The summed E-state index contributed by atoms with van der Waals surface area (Å²) in [7, 11) is -3.49. The molecule has 0 saturated heterocycles. The van der Waals surface area contributed by atoms with Crippen molar-refractivity contribution in [3.63, 3.8) is 0 Å². The topological polar surface area (TPSA) is 75.3 Å². The molecule has 156 valence electrons. The van der Waals surface area contributed by atoms with E-state index in [9.17, 15) is 13.2 Å². The Balaban J connectivity index is 1.42. The maximum atomic E-state index is 12.4. The van der Waals surface area contributed by atoms with Crippen molar-refractivity contribution in [1.82, 2.24) is 10.0 Å². The van der Waals surface area contributed by atoms with Gasteiger partial charge in [0.15, 0.2) is 0 Å². The van der Waals surface area contributed by atoms with E-state index in [-0.39, 0.29) is 17.7 Å². The summed E-state index contributed by atoms with van der Waals surface area (Å²) in [6, 6.07) is 14.3. The molecule has 0 unspecified atom stereocenters.